The van der Waals surface area contributed by atoms with Gasteiger partial charge in [-0.05, 0) is 18.2 Å². The number of ether oxygens (including phenoxy) is 1. The molecule has 0 fully saturated rings. The SMILES string of the molecule is COCc1cc(C(=O)N(C)c2cccc(C#N)c2)no1. The van der Waals surface area contributed by atoms with Gasteiger partial charge in [0.1, 0.15) is 6.61 Å². The third-order valence-corrected chi connectivity index (χ3v) is 2.73. The van der Waals surface area contributed by atoms with Crippen LogP contribution in [-0.4, -0.2) is 25.2 Å². The van der Waals surface area contributed by atoms with Crippen molar-refractivity contribution in [3.05, 3.63) is 47.3 Å². The summed E-state index contributed by atoms with van der Waals surface area (Å²) in [6, 6.07) is 10.3. The number of hydrogen-bond donors (Lipinski definition) is 0. The van der Waals surface area contributed by atoms with E-state index in [1.54, 1.807) is 31.3 Å². The van der Waals surface area contributed by atoms with Gasteiger partial charge in [-0.25, -0.2) is 0 Å². The van der Waals surface area contributed by atoms with E-state index >= 15 is 0 Å². The van der Waals surface area contributed by atoms with Gasteiger partial charge in [0, 0.05) is 25.9 Å². The molecule has 0 aliphatic rings. The van der Waals surface area contributed by atoms with Gasteiger partial charge in [0.2, 0.25) is 0 Å². The highest BCUT2D eigenvalue weighted by molar-refractivity contribution is 6.04. The molecule has 1 aromatic carbocycles. The topological polar surface area (TPSA) is 79.4 Å². The summed E-state index contributed by atoms with van der Waals surface area (Å²) >= 11 is 0. The number of carbonyl (C=O) groups excluding carboxylic acids is 1. The van der Waals surface area contributed by atoms with Crippen molar-refractivity contribution in [2.24, 2.45) is 0 Å². The van der Waals surface area contributed by atoms with Gasteiger partial charge in [-0.15, -0.1) is 0 Å². The standard InChI is InChI=1S/C14H13N3O3/c1-17(11-5-3-4-10(6-11)8-15)14(18)13-7-12(9-19-2)20-16-13/h3-7H,9H2,1-2H3. The highest BCUT2D eigenvalue weighted by Gasteiger charge is 2.18. The second kappa shape index (κ2) is 5.99. The van der Waals surface area contributed by atoms with Gasteiger partial charge in [-0.1, -0.05) is 11.2 Å². The lowest BCUT2D eigenvalue weighted by molar-refractivity contribution is 0.0983. The number of methoxy groups -OCH3 is 1. The molecule has 0 bridgehead atoms. The molecule has 0 atom stereocenters. The van der Waals surface area contributed by atoms with Gasteiger partial charge in [-0.3, -0.25) is 4.79 Å². The van der Waals surface area contributed by atoms with E-state index < -0.39 is 0 Å². The lowest BCUT2D eigenvalue weighted by Crippen LogP contribution is -2.26. The summed E-state index contributed by atoms with van der Waals surface area (Å²) in [5.74, 6) is 0.168. The van der Waals surface area contributed by atoms with Crippen LogP contribution in [-0.2, 0) is 11.3 Å². The van der Waals surface area contributed by atoms with Crippen LogP contribution in [0.5, 0.6) is 0 Å². The number of nitrogens with zero attached hydrogens (tertiary/aromatic N) is 3. The minimum Gasteiger partial charge on any atom is -0.377 e. The zero-order valence-electron chi connectivity index (χ0n) is 11.2. The second-order valence-corrected chi connectivity index (χ2v) is 4.14. The largest absolute Gasteiger partial charge is 0.377 e. The fraction of sp³-hybridized carbons (Fsp3) is 0.214. The van der Waals surface area contributed by atoms with Crippen molar-refractivity contribution in [3.8, 4) is 6.07 Å². The van der Waals surface area contributed by atoms with E-state index in [1.807, 2.05) is 6.07 Å². The molecule has 0 spiro atoms. The van der Waals surface area contributed by atoms with Crippen LogP contribution in [0.4, 0.5) is 5.69 Å². The maximum atomic E-state index is 12.2. The third-order valence-electron chi connectivity index (χ3n) is 2.73. The first kappa shape index (κ1) is 13.8. The van der Waals surface area contributed by atoms with E-state index in [0.29, 0.717) is 17.0 Å². The average Bonchev–Trinajstić information content (AvgIpc) is 2.95. The van der Waals surface area contributed by atoms with Gasteiger partial charge in [0.25, 0.3) is 5.91 Å². The molecule has 1 aromatic heterocycles. The van der Waals surface area contributed by atoms with Gasteiger partial charge in [-0.2, -0.15) is 5.26 Å². The summed E-state index contributed by atoms with van der Waals surface area (Å²) in [5.41, 5.74) is 1.30. The van der Waals surface area contributed by atoms with Crippen molar-refractivity contribution in [1.29, 1.82) is 5.26 Å². The molecule has 0 aliphatic heterocycles. The number of hydrogen-bond acceptors (Lipinski definition) is 5. The van der Waals surface area contributed by atoms with Crippen molar-refractivity contribution >= 4 is 11.6 Å². The van der Waals surface area contributed by atoms with Crippen LogP contribution >= 0.6 is 0 Å². The Morgan fingerprint density at radius 3 is 3.00 bits per heavy atom. The predicted octanol–water partition coefficient (Wildman–Crippen LogP) is 1.97. The molecule has 2 rings (SSSR count). The third kappa shape index (κ3) is 2.84. The summed E-state index contributed by atoms with van der Waals surface area (Å²) in [5, 5.41) is 12.6. The Balaban J connectivity index is 2.20. The molecular formula is C14H13N3O3. The molecule has 0 aliphatic carbocycles. The van der Waals surface area contributed by atoms with E-state index in [4.69, 9.17) is 14.5 Å². The van der Waals surface area contributed by atoms with Crippen LogP contribution in [0.3, 0.4) is 0 Å². The number of anilines is 1. The maximum Gasteiger partial charge on any atom is 0.280 e. The first-order valence-electron chi connectivity index (χ1n) is 5.88. The Kier molecular flexibility index (Phi) is 4.13. The normalized spacial score (nSPS) is 10.1. The number of nitriles is 1. The molecule has 20 heavy (non-hydrogen) atoms. The van der Waals surface area contributed by atoms with E-state index in [0.717, 1.165) is 0 Å². The van der Waals surface area contributed by atoms with Crippen molar-refractivity contribution < 1.29 is 14.1 Å². The Hall–Kier alpha value is -2.65. The lowest BCUT2D eigenvalue weighted by atomic mass is 10.2. The van der Waals surface area contributed by atoms with Crippen molar-refractivity contribution in [2.45, 2.75) is 6.61 Å². The summed E-state index contributed by atoms with van der Waals surface area (Å²) < 4.78 is 9.88. The molecular weight excluding hydrogens is 258 g/mol. The smallest absolute Gasteiger partial charge is 0.280 e. The average molecular weight is 271 g/mol. The maximum absolute atomic E-state index is 12.2. The Bertz CT molecular complexity index is 658. The van der Waals surface area contributed by atoms with E-state index in [2.05, 4.69) is 5.16 Å². The number of benzene rings is 1. The zero-order chi connectivity index (χ0) is 14.5. The molecule has 6 heteroatoms. The summed E-state index contributed by atoms with van der Waals surface area (Å²) in [6.07, 6.45) is 0. The first-order valence-corrected chi connectivity index (χ1v) is 5.88. The van der Waals surface area contributed by atoms with Crippen LogP contribution in [0.2, 0.25) is 0 Å². The molecule has 1 heterocycles. The van der Waals surface area contributed by atoms with Crippen molar-refractivity contribution in [1.82, 2.24) is 5.16 Å². The van der Waals surface area contributed by atoms with Crippen LogP contribution in [0, 0.1) is 11.3 Å². The Morgan fingerprint density at radius 1 is 1.50 bits per heavy atom. The van der Waals surface area contributed by atoms with Crippen LogP contribution in [0.25, 0.3) is 0 Å². The van der Waals surface area contributed by atoms with Crippen LogP contribution in [0.15, 0.2) is 34.9 Å². The van der Waals surface area contributed by atoms with Gasteiger partial charge in [0.15, 0.2) is 11.5 Å². The van der Waals surface area contributed by atoms with Gasteiger partial charge < -0.3 is 14.2 Å². The Labute approximate surface area is 116 Å². The molecule has 0 saturated heterocycles. The minimum absolute atomic E-state index is 0.196. The van der Waals surface area contributed by atoms with Crippen LogP contribution in [0.1, 0.15) is 21.8 Å². The van der Waals surface area contributed by atoms with Crippen LogP contribution < -0.4 is 4.90 Å². The molecule has 1 amide bonds. The van der Waals surface area contributed by atoms with E-state index in [-0.39, 0.29) is 18.2 Å². The fourth-order valence-corrected chi connectivity index (χ4v) is 1.70. The number of carbonyl (C=O) groups is 1. The molecule has 0 saturated carbocycles. The summed E-state index contributed by atoms with van der Waals surface area (Å²) in [4.78, 5) is 13.7. The predicted molar refractivity (Wildman–Crippen MR) is 71.1 cm³/mol. The highest BCUT2D eigenvalue weighted by Crippen LogP contribution is 2.17. The number of amides is 1. The minimum atomic E-state index is -0.314. The van der Waals surface area contributed by atoms with E-state index in [1.165, 1.54) is 18.1 Å². The molecule has 0 N–H and O–H groups in total. The lowest BCUT2D eigenvalue weighted by Gasteiger charge is -2.15. The molecule has 0 radical (unpaired) electrons. The Morgan fingerprint density at radius 2 is 2.30 bits per heavy atom. The highest BCUT2D eigenvalue weighted by atomic mass is 16.5. The zero-order valence-corrected chi connectivity index (χ0v) is 11.2. The molecule has 2 aromatic rings. The molecule has 102 valence electrons. The van der Waals surface area contributed by atoms with Crippen molar-refractivity contribution in [2.75, 3.05) is 19.1 Å². The summed E-state index contributed by atoms with van der Waals surface area (Å²) in [7, 11) is 3.15. The van der Waals surface area contributed by atoms with Crippen molar-refractivity contribution in [3.63, 3.8) is 0 Å². The molecule has 0 unspecified atom stereocenters. The van der Waals surface area contributed by atoms with Gasteiger partial charge in [0.05, 0.1) is 11.6 Å². The monoisotopic (exact) mass is 271 g/mol. The van der Waals surface area contributed by atoms with Gasteiger partial charge >= 0.3 is 0 Å². The molecule has 6 nitrogen and oxygen atoms in total. The summed E-state index contributed by atoms with van der Waals surface area (Å²) in [6.45, 7) is 0.258. The second-order valence-electron chi connectivity index (χ2n) is 4.14. The first-order chi connectivity index (χ1) is 9.65. The number of rotatable bonds is 4. The van der Waals surface area contributed by atoms with E-state index in [9.17, 15) is 4.79 Å². The number of aromatic nitrogens is 1. The fourth-order valence-electron chi connectivity index (χ4n) is 1.70. The quantitative estimate of drug-likeness (QED) is 0.849.